The van der Waals surface area contributed by atoms with Crippen LogP contribution in [0.2, 0.25) is 0 Å². The Kier molecular flexibility index (Phi) is 4.68. The van der Waals surface area contributed by atoms with E-state index in [1.165, 1.54) is 13.5 Å². The Balaban J connectivity index is 2.03. The highest BCUT2D eigenvalue weighted by atomic mass is 16.5. The van der Waals surface area contributed by atoms with Crippen LogP contribution in [0, 0.1) is 5.92 Å². The first kappa shape index (κ1) is 13.7. The second-order valence-corrected chi connectivity index (χ2v) is 4.80. The number of carbonyl (C=O) groups is 1. The van der Waals surface area contributed by atoms with Crippen LogP contribution < -0.4 is 10.6 Å². The van der Waals surface area contributed by atoms with E-state index in [0.29, 0.717) is 5.92 Å². The van der Waals surface area contributed by atoms with Gasteiger partial charge in [-0.15, -0.1) is 10.2 Å². The Bertz CT molecular complexity index is 419. The molecule has 1 unspecified atom stereocenters. The van der Waals surface area contributed by atoms with Gasteiger partial charge in [0.1, 0.15) is 0 Å². The Morgan fingerprint density at radius 1 is 1.53 bits per heavy atom. The van der Waals surface area contributed by atoms with Gasteiger partial charge in [-0.2, -0.15) is 0 Å². The van der Waals surface area contributed by atoms with Crippen molar-refractivity contribution < 1.29 is 9.53 Å². The molecule has 0 radical (unpaired) electrons. The third kappa shape index (κ3) is 3.41. The summed E-state index contributed by atoms with van der Waals surface area (Å²) >= 11 is 0. The molecule has 2 heterocycles. The van der Waals surface area contributed by atoms with Gasteiger partial charge in [0.15, 0.2) is 11.5 Å². The molecule has 1 aromatic heterocycles. The van der Waals surface area contributed by atoms with Gasteiger partial charge in [0.25, 0.3) is 0 Å². The molecule has 1 aliphatic rings. The predicted molar refractivity (Wildman–Crippen MR) is 72.0 cm³/mol. The molecule has 0 amide bonds. The standard InChI is InChI=1S/C13H20N4O2/c1-19-13(18)11-4-5-12(16-15-11)17-8-2-3-10(9-17)6-7-14/h4-5,10H,2-3,6-9,14H2,1H3. The molecule has 104 valence electrons. The van der Waals surface area contributed by atoms with Crippen LogP contribution in [0.4, 0.5) is 5.82 Å². The smallest absolute Gasteiger partial charge is 0.358 e. The average molecular weight is 264 g/mol. The molecular formula is C13H20N4O2. The van der Waals surface area contributed by atoms with Crippen LogP contribution in [0.1, 0.15) is 29.8 Å². The van der Waals surface area contributed by atoms with E-state index in [4.69, 9.17) is 5.73 Å². The molecule has 19 heavy (non-hydrogen) atoms. The van der Waals surface area contributed by atoms with E-state index in [0.717, 1.165) is 38.3 Å². The first-order valence-electron chi connectivity index (χ1n) is 6.61. The molecule has 1 fully saturated rings. The highest BCUT2D eigenvalue weighted by Gasteiger charge is 2.21. The lowest BCUT2D eigenvalue weighted by Crippen LogP contribution is -2.36. The van der Waals surface area contributed by atoms with Gasteiger partial charge in [-0.05, 0) is 43.9 Å². The van der Waals surface area contributed by atoms with Crippen molar-refractivity contribution in [2.45, 2.75) is 19.3 Å². The van der Waals surface area contributed by atoms with E-state index in [-0.39, 0.29) is 5.69 Å². The fraction of sp³-hybridized carbons (Fsp3) is 0.615. The molecule has 1 aliphatic heterocycles. The molecule has 2 N–H and O–H groups in total. The molecular weight excluding hydrogens is 244 g/mol. The van der Waals surface area contributed by atoms with Crippen molar-refractivity contribution in [3.05, 3.63) is 17.8 Å². The van der Waals surface area contributed by atoms with Crippen molar-refractivity contribution in [2.75, 3.05) is 31.6 Å². The van der Waals surface area contributed by atoms with Crippen molar-refractivity contribution in [1.29, 1.82) is 0 Å². The minimum Gasteiger partial charge on any atom is -0.464 e. The third-order valence-corrected chi connectivity index (χ3v) is 3.46. The molecule has 0 spiro atoms. The van der Waals surface area contributed by atoms with Crippen LogP contribution in [0.3, 0.4) is 0 Å². The second-order valence-electron chi connectivity index (χ2n) is 4.80. The second kappa shape index (κ2) is 6.47. The first-order chi connectivity index (χ1) is 9.24. The average Bonchev–Trinajstić information content (AvgIpc) is 2.47. The summed E-state index contributed by atoms with van der Waals surface area (Å²) in [5.74, 6) is 0.980. The highest BCUT2D eigenvalue weighted by molar-refractivity contribution is 5.86. The first-order valence-corrected chi connectivity index (χ1v) is 6.61. The van der Waals surface area contributed by atoms with E-state index < -0.39 is 5.97 Å². The summed E-state index contributed by atoms with van der Waals surface area (Å²) in [4.78, 5) is 13.5. The highest BCUT2D eigenvalue weighted by Crippen LogP contribution is 2.22. The molecule has 0 aromatic carbocycles. The molecule has 0 saturated carbocycles. The maximum absolute atomic E-state index is 11.3. The van der Waals surface area contributed by atoms with Gasteiger partial charge in [-0.25, -0.2) is 4.79 Å². The molecule has 6 heteroatoms. The summed E-state index contributed by atoms with van der Waals surface area (Å²) in [6.45, 7) is 2.67. The summed E-state index contributed by atoms with van der Waals surface area (Å²) < 4.78 is 4.60. The van der Waals surface area contributed by atoms with E-state index in [1.807, 2.05) is 6.07 Å². The zero-order valence-corrected chi connectivity index (χ0v) is 11.2. The number of nitrogens with zero attached hydrogens (tertiary/aromatic N) is 3. The van der Waals surface area contributed by atoms with Gasteiger partial charge < -0.3 is 15.4 Å². The number of ether oxygens (including phenoxy) is 1. The minimum atomic E-state index is -0.460. The van der Waals surface area contributed by atoms with Crippen LogP contribution in [0.25, 0.3) is 0 Å². The summed E-state index contributed by atoms with van der Waals surface area (Å²) in [7, 11) is 1.33. The van der Waals surface area contributed by atoms with Crippen molar-refractivity contribution in [3.63, 3.8) is 0 Å². The Hall–Kier alpha value is -1.69. The monoisotopic (exact) mass is 264 g/mol. The van der Waals surface area contributed by atoms with E-state index in [9.17, 15) is 4.79 Å². The molecule has 2 rings (SSSR count). The van der Waals surface area contributed by atoms with E-state index in [1.54, 1.807) is 6.07 Å². The number of esters is 1. The van der Waals surface area contributed by atoms with Crippen LogP contribution >= 0.6 is 0 Å². The van der Waals surface area contributed by atoms with Gasteiger partial charge in [-0.3, -0.25) is 0 Å². The van der Waals surface area contributed by atoms with Crippen molar-refractivity contribution in [1.82, 2.24) is 10.2 Å². The van der Waals surface area contributed by atoms with Gasteiger partial charge >= 0.3 is 5.97 Å². The van der Waals surface area contributed by atoms with E-state index >= 15 is 0 Å². The number of piperidine rings is 1. The quantitative estimate of drug-likeness (QED) is 0.811. The van der Waals surface area contributed by atoms with E-state index in [2.05, 4.69) is 19.8 Å². The van der Waals surface area contributed by atoms with Gasteiger partial charge in [0.05, 0.1) is 7.11 Å². The lowest BCUT2D eigenvalue weighted by Gasteiger charge is -2.33. The SMILES string of the molecule is COC(=O)c1ccc(N2CCCC(CCN)C2)nn1. The summed E-state index contributed by atoms with van der Waals surface area (Å²) in [6, 6.07) is 3.48. The van der Waals surface area contributed by atoms with Crippen LogP contribution in [-0.2, 0) is 4.74 Å². The van der Waals surface area contributed by atoms with Gasteiger partial charge in [-0.1, -0.05) is 0 Å². The van der Waals surface area contributed by atoms with Crippen molar-refractivity contribution in [3.8, 4) is 0 Å². The molecule has 1 atom stereocenters. The van der Waals surface area contributed by atoms with Crippen LogP contribution in [-0.4, -0.2) is 42.9 Å². The Labute approximate surface area is 112 Å². The zero-order chi connectivity index (χ0) is 13.7. The summed E-state index contributed by atoms with van der Waals surface area (Å²) in [6.07, 6.45) is 3.41. The molecule has 0 aliphatic carbocycles. The fourth-order valence-corrected chi connectivity index (χ4v) is 2.45. The summed E-state index contributed by atoms with van der Waals surface area (Å²) in [5.41, 5.74) is 5.85. The normalized spacial score (nSPS) is 19.3. The molecule has 6 nitrogen and oxygen atoms in total. The number of hydrogen-bond acceptors (Lipinski definition) is 6. The maximum Gasteiger partial charge on any atom is 0.358 e. The fourth-order valence-electron chi connectivity index (χ4n) is 2.45. The van der Waals surface area contributed by atoms with Gasteiger partial charge in [0, 0.05) is 13.1 Å². The van der Waals surface area contributed by atoms with Crippen molar-refractivity contribution in [2.24, 2.45) is 11.7 Å². The number of carbonyl (C=O) groups excluding carboxylic acids is 1. The largest absolute Gasteiger partial charge is 0.464 e. The van der Waals surface area contributed by atoms with Crippen LogP contribution in [0.5, 0.6) is 0 Å². The van der Waals surface area contributed by atoms with Crippen molar-refractivity contribution >= 4 is 11.8 Å². The third-order valence-electron chi connectivity index (χ3n) is 3.46. The number of methoxy groups -OCH3 is 1. The zero-order valence-electron chi connectivity index (χ0n) is 11.2. The topological polar surface area (TPSA) is 81.3 Å². The minimum absolute atomic E-state index is 0.238. The van der Waals surface area contributed by atoms with Crippen LogP contribution in [0.15, 0.2) is 12.1 Å². The Morgan fingerprint density at radius 3 is 3.00 bits per heavy atom. The predicted octanol–water partition coefficient (Wildman–Crippen LogP) is 0.828. The molecule has 0 bridgehead atoms. The number of rotatable bonds is 4. The molecule has 1 aromatic rings. The Morgan fingerprint density at radius 2 is 2.37 bits per heavy atom. The maximum atomic E-state index is 11.3. The lowest BCUT2D eigenvalue weighted by molar-refractivity contribution is 0.0592. The number of anilines is 1. The lowest BCUT2D eigenvalue weighted by atomic mass is 9.95. The molecule has 1 saturated heterocycles. The number of nitrogens with two attached hydrogens (primary N) is 1. The summed E-state index contributed by atoms with van der Waals surface area (Å²) in [5, 5.41) is 8.01. The van der Waals surface area contributed by atoms with Gasteiger partial charge in [0.2, 0.25) is 0 Å². The number of aromatic nitrogens is 2. The number of hydrogen-bond donors (Lipinski definition) is 1.